The molecule has 0 fully saturated rings. The van der Waals surface area contributed by atoms with Gasteiger partial charge >= 0.3 is 0 Å². The van der Waals surface area contributed by atoms with Crippen LogP contribution < -0.4 is 37.2 Å². The quantitative estimate of drug-likeness (QED) is 0.119. The molecule has 0 aliphatic carbocycles. The van der Waals surface area contributed by atoms with Gasteiger partial charge in [-0.1, -0.05) is 0 Å². The number of hydrogen-bond acceptors (Lipinski definition) is 8. The minimum atomic E-state index is -1.03. The number of amides is 6. The average molecular weight is 500 g/mol. The summed E-state index contributed by atoms with van der Waals surface area (Å²) in [5, 5.41) is 17.2. The van der Waals surface area contributed by atoms with Crippen molar-refractivity contribution in [3.8, 4) is 0 Å². The first-order valence-electron chi connectivity index (χ1n) is 11.2. The molecule has 0 radical (unpaired) electrons. The predicted octanol–water partition coefficient (Wildman–Crippen LogP) is -3.57. The van der Waals surface area contributed by atoms with Gasteiger partial charge in [-0.25, -0.2) is 0 Å². The smallest absolute Gasteiger partial charge is 0.242 e. The Morgan fingerprint density at radius 3 is 1.03 bits per heavy atom. The van der Waals surface area contributed by atoms with Gasteiger partial charge in [0.1, 0.15) is 36.5 Å². The van der Waals surface area contributed by atoms with Crippen molar-refractivity contribution >= 4 is 41.7 Å². The molecule has 0 unspecified atom stereocenters. The Hall–Kier alpha value is -3.55. The minimum absolute atomic E-state index is 0.0171. The van der Waals surface area contributed by atoms with Crippen LogP contribution in [0.2, 0.25) is 0 Å². The highest BCUT2D eigenvalue weighted by Gasteiger charge is 2.26. The van der Waals surface area contributed by atoms with Crippen molar-refractivity contribution in [1.82, 2.24) is 37.2 Å². The molecular weight excluding hydrogens is 462 g/mol. The first-order chi connectivity index (χ1) is 16.2. The first-order valence-corrected chi connectivity index (χ1v) is 11.2. The van der Waals surface area contributed by atoms with Gasteiger partial charge in [-0.2, -0.15) is 0 Å². The zero-order chi connectivity index (χ0) is 27.3. The SMILES string of the molecule is CNC(=O)[C@H](C)NC(=O)[C@H](C)NC(=O)[C@H](C)NC(=O)[C@H](C)NC(=O)[C@H](C)NC(=O)[C@@H](C)NCC=O. The van der Waals surface area contributed by atoms with E-state index in [4.69, 9.17) is 0 Å². The maximum Gasteiger partial charge on any atom is 0.242 e. The molecule has 0 spiro atoms. The normalized spacial score (nSPS) is 15.6. The van der Waals surface area contributed by atoms with Crippen molar-refractivity contribution in [3.05, 3.63) is 0 Å². The first kappa shape index (κ1) is 31.4. The van der Waals surface area contributed by atoms with E-state index in [0.717, 1.165) is 0 Å². The van der Waals surface area contributed by atoms with E-state index in [1.165, 1.54) is 48.6 Å². The Bertz CT molecular complexity index is 805. The van der Waals surface area contributed by atoms with Gasteiger partial charge in [-0.05, 0) is 41.5 Å². The standard InChI is InChI=1S/C21H37N7O7/c1-10(23-8-9-29)17(31)25-12(3)19(33)27-14(5)21(35)28-15(6)20(34)26-13(4)18(32)24-11(2)16(30)22-7/h9-15,23H,8H2,1-7H3,(H,22,30)(H,24,32)(H,25,31)(H,26,34)(H,27,33)(H,28,35)/t10-,11+,12+,13+,14+,15+/m1/s1. The Morgan fingerprint density at radius 1 is 0.514 bits per heavy atom. The molecule has 0 bridgehead atoms. The van der Waals surface area contributed by atoms with Crippen molar-refractivity contribution < 1.29 is 33.6 Å². The number of hydrogen-bond donors (Lipinski definition) is 7. The van der Waals surface area contributed by atoms with Crippen molar-refractivity contribution in [2.24, 2.45) is 0 Å². The Labute approximate surface area is 204 Å². The van der Waals surface area contributed by atoms with E-state index in [-0.39, 0.29) is 6.54 Å². The van der Waals surface area contributed by atoms with Crippen molar-refractivity contribution in [3.63, 3.8) is 0 Å². The summed E-state index contributed by atoms with van der Waals surface area (Å²) in [6, 6.07) is -5.50. The van der Waals surface area contributed by atoms with Crippen LogP contribution in [0, 0.1) is 0 Å². The summed E-state index contributed by atoms with van der Waals surface area (Å²) in [5.74, 6) is -3.42. The van der Waals surface area contributed by atoms with Crippen molar-refractivity contribution in [2.75, 3.05) is 13.6 Å². The number of likely N-dealkylation sites (N-methyl/N-ethyl adjacent to an activating group) is 1. The fourth-order valence-electron chi connectivity index (χ4n) is 2.55. The number of carbonyl (C=O) groups is 7. The summed E-state index contributed by atoms with van der Waals surface area (Å²) in [5.41, 5.74) is 0. The van der Waals surface area contributed by atoms with Gasteiger partial charge in [0.25, 0.3) is 0 Å². The summed E-state index contributed by atoms with van der Waals surface area (Å²) in [4.78, 5) is 83.0. The van der Waals surface area contributed by atoms with Crippen LogP contribution in [0.1, 0.15) is 41.5 Å². The van der Waals surface area contributed by atoms with E-state index in [1.807, 2.05) is 0 Å². The highest BCUT2D eigenvalue weighted by atomic mass is 16.2. The number of rotatable bonds is 14. The molecule has 0 aliphatic heterocycles. The molecule has 0 saturated heterocycles. The molecule has 0 saturated carbocycles. The Balaban J connectivity index is 4.66. The summed E-state index contributed by atoms with van der Waals surface area (Å²) >= 11 is 0. The number of carbonyl (C=O) groups excluding carboxylic acids is 7. The van der Waals surface area contributed by atoms with Gasteiger partial charge in [-0.15, -0.1) is 0 Å². The molecule has 0 aromatic heterocycles. The maximum atomic E-state index is 12.4. The summed E-state index contributed by atoms with van der Waals surface area (Å²) in [7, 11) is 1.43. The molecule has 0 rings (SSSR count). The van der Waals surface area contributed by atoms with E-state index in [9.17, 15) is 33.6 Å². The maximum absolute atomic E-state index is 12.4. The van der Waals surface area contributed by atoms with Gasteiger partial charge in [0.15, 0.2) is 0 Å². The second-order valence-corrected chi connectivity index (χ2v) is 8.06. The lowest BCUT2D eigenvalue weighted by molar-refractivity contribution is -0.134. The molecule has 14 nitrogen and oxygen atoms in total. The lowest BCUT2D eigenvalue weighted by atomic mass is 10.2. The molecule has 6 atom stereocenters. The minimum Gasteiger partial charge on any atom is -0.357 e. The van der Waals surface area contributed by atoms with Crippen LogP contribution in [-0.2, 0) is 33.6 Å². The number of aldehydes is 1. The average Bonchev–Trinajstić information content (AvgIpc) is 2.80. The van der Waals surface area contributed by atoms with E-state index in [0.29, 0.717) is 6.29 Å². The van der Waals surface area contributed by atoms with Gasteiger partial charge in [0.2, 0.25) is 35.4 Å². The fraction of sp³-hybridized carbons (Fsp3) is 0.667. The highest BCUT2D eigenvalue weighted by molar-refractivity contribution is 5.96. The summed E-state index contributed by atoms with van der Waals surface area (Å²) in [6.07, 6.45) is 0.602. The second kappa shape index (κ2) is 15.4. The Kier molecular flexibility index (Phi) is 13.8. The summed E-state index contributed by atoms with van der Waals surface area (Å²) < 4.78 is 0. The van der Waals surface area contributed by atoms with Crippen LogP contribution in [0.4, 0.5) is 0 Å². The summed E-state index contributed by atoms with van der Waals surface area (Å²) in [6.45, 7) is 8.65. The lowest BCUT2D eigenvalue weighted by Crippen LogP contribution is -2.57. The molecule has 0 heterocycles. The van der Waals surface area contributed by atoms with Gasteiger partial charge in [0.05, 0.1) is 12.6 Å². The van der Waals surface area contributed by atoms with Crippen LogP contribution in [0.5, 0.6) is 0 Å². The molecular formula is C21H37N7O7. The predicted molar refractivity (Wildman–Crippen MR) is 126 cm³/mol. The Morgan fingerprint density at radius 2 is 0.771 bits per heavy atom. The molecule has 6 amide bonds. The largest absolute Gasteiger partial charge is 0.357 e. The van der Waals surface area contributed by atoms with Crippen molar-refractivity contribution in [2.45, 2.75) is 77.8 Å². The second-order valence-electron chi connectivity index (χ2n) is 8.06. The van der Waals surface area contributed by atoms with Crippen molar-refractivity contribution in [1.29, 1.82) is 0 Å². The lowest BCUT2D eigenvalue weighted by Gasteiger charge is -2.22. The zero-order valence-corrected chi connectivity index (χ0v) is 21.1. The topological polar surface area (TPSA) is 204 Å². The monoisotopic (exact) mass is 499 g/mol. The third-order valence-electron chi connectivity index (χ3n) is 4.91. The van der Waals surface area contributed by atoms with Crippen LogP contribution >= 0.6 is 0 Å². The molecule has 0 aromatic carbocycles. The molecule has 7 N–H and O–H groups in total. The van der Waals surface area contributed by atoms with Crippen LogP contribution in [-0.4, -0.2) is 91.6 Å². The molecule has 198 valence electrons. The molecule has 0 aliphatic rings. The third-order valence-corrected chi connectivity index (χ3v) is 4.91. The van der Waals surface area contributed by atoms with E-state index in [2.05, 4.69) is 37.2 Å². The van der Waals surface area contributed by atoms with Crippen LogP contribution in [0.25, 0.3) is 0 Å². The van der Waals surface area contributed by atoms with Crippen LogP contribution in [0.15, 0.2) is 0 Å². The van der Waals surface area contributed by atoms with E-state index < -0.39 is 71.7 Å². The van der Waals surface area contributed by atoms with Gasteiger partial charge in [0, 0.05) is 7.05 Å². The van der Waals surface area contributed by atoms with E-state index >= 15 is 0 Å². The van der Waals surface area contributed by atoms with Gasteiger partial charge in [-0.3, -0.25) is 34.1 Å². The number of nitrogens with one attached hydrogen (secondary N) is 7. The van der Waals surface area contributed by atoms with E-state index in [1.54, 1.807) is 0 Å². The zero-order valence-electron chi connectivity index (χ0n) is 21.1. The highest BCUT2D eigenvalue weighted by Crippen LogP contribution is 1.94. The molecule has 0 aromatic rings. The van der Waals surface area contributed by atoms with Crippen LogP contribution in [0.3, 0.4) is 0 Å². The fourth-order valence-corrected chi connectivity index (χ4v) is 2.55. The van der Waals surface area contributed by atoms with Gasteiger partial charge < -0.3 is 36.7 Å². The third kappa shape index (κ3) is 11.4. The molecule has 14 heteroatoms. The molecule has 35 heavy (non-hydrogen) atoms.